The fraction of sp³-hybridized carbons (Fsp3) is 0.174. The number of imidazole rings is 1. The van der Waals surface area contributed by atoms with Crippen molar-refractivity contribution in [3.05, 3.63) is 72.9 Å². The predicted molar refractivity (Wildman–Crippen MR) is 109 cm³/mol. The lowest BCUT2D eigenvalue weighted by molar-refractivity contribution is -0.479. The van der Waals surface area contributed by atoms with E-state index in [0.717, 1.165) is 13.1 Å². The number of hydrogen-bond acceptors (Lipinski definition) is 1. The van der Waals surface area contributed by atoms with E-state index in [1.165, 1.54) is 38.7 Å². The number of hydrogen-bond donors (Lipinski definition) is 0. The SMILES string of the molecule is CCN(CC)c1ccc2c(ccc3n4c(ccc5ccccc54)c[n+]23)c1. The van der Waals surface area contributed by atoms with Gasteiger partial charge in [-0.25, -0.2) is 0 Å². The van der Waals surface area contributed by atoms with Crippen LogP contribution in [-0.4, -0.2) is 17.5 Å². The summed E-state index contributed by atoms with van der Waals surface area (Å²) < 4.78 is 4.65. The molecular weight excluding hydrogens is 318 g/mol. The zero-order valence-electron chi connectivity index (χ0n) is 15.2. The van der Waals surface area contributed by atoms with Gasteiger partial charge < -0.3 is 4.90 Å². The van der Waals surface area contributed by atoms with Gasteiger partial charge in [-0.2, -0.15) is 8.80 Å². The number of rotatable bonds is 3. The van der Waals surface area contributed by atoms with Crippen molar-refractivity contribution in [2.45, 2.75) is 13.8 Å². The third kappa shape index (κ3) is 2.10. The lowest BCUT2D eigenvalue weighted by atomic mass is 10.1. The molecule has 3 heteroatoms. The van der Waals surface area contributed by atoms with Gasteiger partial charge in [0, 0.05) is 35.6 Å². The third-order valence-electron chi connectivity index (χ3n) is 5.42. The van der Waals surface area contributed by atoms with Crippen molar-refractivity contribution in [2.75, 3.05) is 18.0 Å². The minimum absolute atomic E-state index is 1.03. The number of anilines is 1. The molecule has 0 saturated carbocycles. The minimum atomic E-state index is 1.03. The second kappa shape index (κ2) is 5.73. The molecule has 0 aliphatic heterocycles. The number of para-hydroxylation sites is 1. The summed E-state index contributed by atoms with van der Waals surface area (Å²) in [7, 11) is 0. The smallest absolute Gasteiger partial charge is 0.292 e. The van der Waals surface area contributed by atoms with Gasteiger partial charge in [-0.15, -0.1) is 0 Å². The van der Waals surface area contributed by atoms with Crippen LogP contribution in [-0.2, 0) is 0 Å². The molecule has 0 saturated heterocycles. The number of fused-ring (bicyclic) bond motifs is 7. The van der Waals surface area contributed by atoms with Gasteiger partial charge in [0.05, 0.1) is 0 Å². The summed E-state index contributed by atoms with van der Waals surface area (Å²) in [5.41, 5.74) is 6.18. The summed E-state index contributed by atoms with van der Waals surface area (Å²) in [6.07, 6.45) is 2.24. The first-order valence-electron chi connectivity index (χ1n) is 9.32. The summed E-state index contributed by atoms with van der Waals surface area (Å²) in [6.45, 7) is 6.47. The molecule has 0 spiro atoms. The molecule has 0 amide bonds. The fourth-order valence-electron chi connectivity index (χ4n) is 4.08. The highest BCUT2D eigenvalue weighted by atomic mass is 15.1. The van der Waals surface area contributed by atoms with Crippen molar-refractivity contribution in [1.29, 1.82) is 0 Å². The van der Waals surface area contributed by atoms with E-state index in [2.05, 4.69) is 100 Å². The van der Waals surface area contributed by atoms with Gasteiger partial charge in [0.15, 0.2) is 5.52 Å². The molecule has 0 unspecified atom stereocenters. The van der Waals surface area contributed by atoms with E-state index >= 15 is 0 Å². The summed E-state index contributed by atoms with van der Waals surface area (Å²) in [6, 6.07) is 24.2. The Morgan fingerprint density at radius 2 is 1.65 bits per heavy atom. The highest BCUT2D eigenvalue weighted by Gasteiger charge is 2.17. The number of benzene rings is 2. The first-order valence-corrected chi connectivity index (χ1v) is 9.32. The van der Waals surface area contributed by atoms with E-state index in [4.69, 9.17) is 0 Å². The van der Waals surface area contributed by atoms with Crippen molar-refractivity contribution in [2.24, 2.45) is 0 Å². The van der Waals surface area contributed by atoms with Crippen LogP contribution in [0.2, 0.25) is 0 Å². The topological polar surface area (TPSA) is 11.8 Å². The Morgan fingerprint density at radius 3 is 2.50 bits per heavy atom. The van der Waals surface area contributed by atoms with E-state index in [9.17, 15) is 0 Å². The monoisotopic (exact) mass is 340 g/mol. The van der Waals surface area contributed by atoms with Crippen LogP contribution in [0.1, 0.15) is 13.8 Å². The number of pyridine rings is 2. The Morgan fingerprint density at radius 1 is 0.846 bits per heavy atom. The van der Waals surface area contributed by atoms with Gasteiger partial charge in [-0.1, -0.05) is 18.2 Å². The Kier molecular flexibility index (Phi) is 3.35. The van der Waals surface area contributed by atoms with Crippen molar-refractivity contribution in [3.8, 4) is 0 Å². The molecule has 0 N–H and O–H groups in total. The largest absolute Gasteiger partial charge is 0.372 e. The molecule has 0 aliphatic carbocycles. The Balaban J connectivity index is 1.84. The lowest BCUT2D eigenvalue weighted by Crippen LogP contribution is -2.23. The van der Waals surface area contributed by atoms with E-state index in [0.29, 0.717) is 0 Å². The number of nitrogens with zero attached hydrogens (tertiary/aromatic N) is 3. The quantitative estimate of drug-likeness (QED) is 0.428. The van der Waals surface area contributed by atoms with Gasteiger partial charge in [0.1, 0.15) is 17.2 Å². The van der Waals surface area contributed by atoms with E-state index in [-0.39, 0.29) is 0 Å². The summed E-state index contributed by atoms with van der Waals surface area (Å²) in [5, 5.41) is 2.53. The summed E-state index contributed by atoms with van der Waals surface area (Å²) >= 11 is 0. The maximum Gasteiger partial charge on any atom is 0.292 e. The molecule has 128 valence electrons. The molecule has 0 fully saturated rings. The first-order chi connectivity index (χ1) is 12.8. The minimum Gasteiger partial charge on any atom is -0.372 e. The van der Waals surface area contributed by atoms with Crippen LogP contribution >= 0.6 is 0 Å². The summed E-state index contributed by atoms with van der Waals surface area (Å²) in [5.74, 6) is 0. The molecule has 3 heterocycles. The maximum atomic E-state index is 2.39. The van der Waals surface area contributed by atoms with Gasteiger partial charge in [0.2, 0.25) is 0 Å². The van der Waals surface area contributed by atoms with Crippen LogP contribution < -0.4 is 9.30 Å². The van der Waals surface area contributed by atoms with Gasteiger partial charge in [-0.3, -0.25) is 0 Å². The zero-order valence-corrected chi connectivity index (χ0v) is 15.2. The Hall–Kier alpha value is -3.07. The van der Waals surface area contributed by atoms with E-state index < -0.39 is 0 Å². The molecule has 5 aromatic rings. The standard InChI is InChI=1S/C23H22N3/c1-3-24(4-2)19-12-13-21-18(15-19)10-14-23-25(21)16-20-11-9-17-7-5-6-8-22(17)26(20)23/h5-16H,3-4H2,1-2H3/q+1. The maximum absolute atomic E-state index is 2.39. The third-order valence-corrected chi connectivity index (χ3v) is 5.42. The molecule has 2 aromatic carbocycles. The van der Waals surface area contributed by atoms with Crippen molar-refractivity contribution in [1.82, 2.24) is 4.40 Å². The van der Waals surface area contributed by atoms with Crippen molar-refractivity contribution in [3.63, 3.8) is 0 Å². The molecule has 26 heavy (non-hydrogen) atoms. The molecule has 0 radical (unpaired) electrons. The van der Waals surface area contributed by atoms with Crippen LogP contribution in [0.5, 0.6) is 0 Å². The van der Waals surface area contributed by atoms with Crippen molar-refractivity contribution < 1.29 is 4.40 Å². The van der Waals surface area contributed by atoms with Crippen LogP contribution in [0.25, 0.3) is 33.0 Å². The highest BCUT2D eigenvalue weighted by Crippen LogP contribution is 2.24. The lowest BCUT2D eigenvalue weighted by Gasteiger charge is -2.21. The zero-order chi connectivity index (χ0) is 17.7. The Labute approximate surface area is 152 Å². The average molecular weight is 340 g/mol. The molecule has 0 aliphatic rings. The molecule has 0 atom stereocenters. The van der Waals surface area contributed by atoms with Crippen molar-refractivity contribution >= 4 is 38.7 Å². The normalized spacial score (nSPS) is 11.8. The number of aromatic nitrogens is 2. The molecule has 5 rings (SSSR count). The Bertz CT molecular complexity index is 1260. The molecule has 3 nitrogen and oxygen atoms in total. The van der Waals surface area contributed by atoms with Crippen LogP contribution in [0.4, 0.5) is 5.69 Å². The average Bonchev–Trinajstić information content (AvgIpc) is 3.08. The van der Waals surface area contributed by atoms with Gasteiger partial charge in [-0.05, 0) is 56.3 Å². The summed E-state index contributed by atoms with van der Waals surface area (Å²) in [4.78, 5) is 2.39. The molecule has 3 aromatic heterocycles. The van der Waals surface area contributed by atoms with Crippen LogP contribution in [0, 0.1) is 0 Å². The molecule has 0 bridgehead atoms. The van der Waals surface area contributed by atoms with E-state index in [1.54, 1.807) is 0 Å². The van der Waals surface area contributed by atoms with Gasteiger partial charge >= 0.3 is 0 Å². The van der Waals surface area contributed by atoms with Crippen LogP contribution in [0.3, 0.4) is 0 Å². The molecular formula is C23H22N3+. The fourth-order valence-corrected chi connectivity index (χ4v) is 4.08. The predicted octanol–water partition coefficient (Wildman–Crippen LogP) is 4.83. The highest BCUT2D eigenvalue weighted by molar-refractivity contribution is 5.86. The van der Waals surface area contributed by atoms with E-state index in [1.807, 2.05) is 0 Å². The second-order valence-corrected chi connectivity index (χ2v) is 6.76. The first kappa shape index (κ1) is 15.2. The van der Waals surface area contributed by atoms with Crippen LogP contribution in [0.15, 0.2) is 72.9 Å². The van der Waals surface area contributed by atoms with Gasteiger partial charge in [0.25, 0.3) is 5.65 Å². The second-order valence-electron chi connectivity index (χ2n) is 6.76.